The van der Waals surface area contributed by atoms with Gasteiger partial charge in [0.2, 0.25) is 5.91 Å². The van der Waals surface area contributed by atoms with Gasteiger partial charge < -0.3 is 5.73 Å². The number of primary amides is 1. The lowest BCUT2D eigenvalue weighted by Crippen LogP contribution is -2.58. The first-order chi connectivity index (χ1) is 10.2. The van der Waals surface area contributed by atoms with Gasteiger partial charge in [-0.2, -0.15) is 0 Å². The number of rotatable bonds is 5. The van der Waals surface area contributed by atoms with E-state index in [9.17, 15) is 4.79 Å². The molecule has 0 aliphatic carbocycles. The maximum Gasteiger partial charge on any atom is 0.223 e. The zero-order chi connectivity index (χ0) is 14.7. The lowest BCUT2D eigenvalue weighted by atomic mass is 9.98. The molecule has 3 rings (SSSR count). The Balaban J connectivity index is 1.77. The van der Waals surface area contributed by atoms with Gasteiger partial charge in [-0.3, -0.25) is 4.79 Å². The van der Waals surface area contributed by atoms with Gasteiger partial charge >= 0.3 is 0 Å². The van der Waals surface area contributed by atoms with Gasteiger partial charge in [0.15, 0.2) is 0 Å². The molecule has 0 atom stereocenters. The van der Waals surface area contributed by atoms with Gasteiger partial charge in [0.25, 0.3) is 0 Å². The highest BCUT2D eigenvalue weighted by Crippen LogP contribution is 2.24. The SMILES string of the molecule is NC(=O)C1CN(NC(c2ccccc2)c2ccccc2)C1. The van der Waals surface area contributed by atoms with Crippen LogP contribution in [0.2, 0.25) is 0 Å². The van der Waals surface area contributed by atoms with E-state index in [1.165, 1.54) is 11.1 Å². The second kappa shape index (κ2) is 6.08. The molecule has 1 aliphatic rings. The Morgan fingerprint density at radius 2 is 1.48 bits per heavy atom. The van der Waals surface area contributed by atoms with Crippen molar-refractivity contribution in [2.24, 2.45) is 11.7 Å². The molecule has 0 saturated carbocycles. The van der Waals surface area contributed by atoms with Gasteiger partial charge in [0.05, 0.1) is 12.0 Å². The number of nitrogens with two attached hydrogens (primary N) is 1. The molecular weight excluding hydrogens is 262 g/mol. The van der Waals surface area contributed by atoms with Crippen molar-refractivity contribution in [2.75, 3.05) is 13.1 Å². The molecule has 1 saturated heterocycles. The van der Waals surface area contributed by atoms with E-state index in [1.54, 1.807) is 0 Å². The summed E-state index contributed by atoms with van der Waals surface area (Å²) >= 11 is 0. The van der Waals surface area contributed by atoms with Crippen LogP contribution in [0.5, 0.6) is 0 Å². The van der Waals surface area contributed by atoms with Crippen molar-refractivity contribution in [3.05, 3.63) is 71.8 Å². The van der Waals surface area contributed by atoms with Crippen molar-refractivity contribution in [1.82, 2.24) is 10.4 Å². The molecule has 1 aliphatic heterocycles. The summed E-state index contributed by atoms with van der Waals surface area (Å²) in [6, 6.07) is 20.7. The average molecular weight is 281 g/mol. The van der Waals surface area contributed by atoms with E-state index < -0.39 is 0 Å². The predicted molar refractivity (Wildman–Crippen MR) is 82.1 cm³/mol. The maximum absolute atomic E-state index is 11.1. The molecule has 1 amide bonds. The molecule has 4 heteroatoms. The van der Waals surface area contributed by atoms with Gasteiger partial charge in [0.1, 0.15) is 0 Å². The minimum atomic E-state index is -0.218. The van der Waals surface area contributed by atoms with E-state index in [0.29, 0.717) is 13.1 Å². The highest BCUT2D eigenvalue weighted by atomic mass is 16.1. The van der Waals surface area contributed by atoms with Crippen LogP contribution in [0.3, 0.4) is 0 Å². The van der Waals surface area contributed by atoms with Crippen LogP contribution in [0, 0.1) is 5.92 Å². The number of nitrogens with zero attached hydrogens (tertiary/aromatic N) is 1. The summed E-state index contributed by atoms with van der Waals surface area (Å²) in [5.41, 5.74) is 11.2. The Kier molecular flexibility index (Phi) is 3.99. The molecule has 2 aromatic carbocycles. The first-order valence-corrected chi connectivity index (χ1v) is 7.14. The van der Waals surface area contributed by atoms with E-state index in [0.717, 1.165) is 0 Å². The van der Waals surface area contributed by atoms with Crippen LogP contribution >= 0.6 is 0 Å². The summed E-state index contributed by atoms with van der Waals surface area (Å²) in [6.07, 6.45) is 0. The van der Waals surface area contributed by atoms with E-state index in [2.05, 4.69) is 34.7 Å². The van der Waals surface area contributed by atoms with Crippen LogP contribution < -0.4 is 11.2 Å². The molecule has 4 nitrogen and oxygen atoms in total. The first kappa shape index (κ1) is 13.8. The quantitative estimate of drug-likeness (QED) is 0.877. The van der Waals surface area contributed by atoms with Gasteiger partial charge in [0, 0.05) is 13.1 Å². The van der Waals surface area contributed by atoms with E-state index in [1.807, 2.05) is 36.4 Å². The van der Waals surface area contributed by atoms with Crippen molar-refractivity contribution >= 4 is 5.91 Å². The Bertz CT molecular complexity index is 554. The van der Waals surface area contributed by atoms with Crippen molar-refractivity contribution in [3.63, 3.8) is 0 Å². The predicted octanol–water partition coefficient (Wildman–Crippen LogP) is 1.70. The molecule has 0 aromatic heterocycles. The summed E-state index contributed by atoms with van der Waals surface area (Å²) in [5, 5.41) is 2.06. The van der Waals surface area contributed by atoms with Gasteiger partial charge in [-0.15, -0.1) is 0 Å². The molecule has 0 radical (unpaired) electrons. The van der Waals surface area contributed by atoms with E-state index >= 15 is 0 Å². The molecule has 0 bridgehead atoms. The van der Waals surface area contributed by atoms with Crippen LogP contribution in [-0.2, 0) is 4.79 Å². The zero-order valence-electron chi connectivity index (χ0n) is 11.8. The third-order valence-electron chi connectivity index (χ3n) is 3.86. The van der Waals surface area contributed by atoms with Crippen LogP contribution in [0.1, 0.15) is 17.2 Å². The van der Waals surface area contributed by atoms with Crippen molar-refractivity contribution in [1.29, 1.82) is 0 Å². The highest BCUT2D eigenvalue weighted by molar-refractivity contribution is 5.78. The largest absolute Gasteiger partial charge is 0.369 e. The lowest BCUT2D eigenvalue weighted by Gasteiger charge is -2.40. The average Bonchev–Trinajstić information content (AvgIpc) is 2.47. The number of carbonyl (C=O) groups excluding carboxylic acids is 1. The molecule has 108 valence electrons. The minimum Gasteiger partial charge on any atom is -0.369 e. The van der Waals surface area contributed by atoms with Crippen LogP contribution in [0.4, 0.5) is 0 Å². The molecule has 1 heterocycles. The molecule has 3 N–H and O–H groups in total. The van der Waals surface area contributed by atoms with Gasteiger partial charge in [-0.1, -0.05) is 60.7 Å². The fourth-order valence-electron chi connectivity index (χ4n) is 2.58. The summed E-state index contributed by atoms with van der Waals surface area (Å²) in [5.74, 6) is -0.256. The Morgan fingerprint density at radius 3 is 1.90 bits per heavy atom. The van der Waals surface area contributed by atoms with E-state index in [4.69, 9.17) is 5.73 Å². The Labute approximate surface area is 124 Å². The Hall–Kier alpha value is -2.17. The maximum atomic E-state index is 11.1. The fraction of sp³-hybridized carbons (Fsp3) is 0.235. The third kappa shape index (κ3) is 3.12. The van der Waals surface area contributed by atoms with Crippen molar-refractivity contribution in [2.45, 2.75) is 6.04 Å². The summed E-state index contributed by atoms with van der Waals surface area (Å²) in [7, 11) is 0. The molecule has 0 unspecified atom stereocenters. The highest BCUT2D eigenvalue weighted by Gasteiger charge is 2.32. The summed E-state index contributed by atoms with van der Waals surface area (Å²) < 4.78 is 0. The van der Waals surface area contributed by atoms with Crippen molar-refractivity contribution in [3.8, 4) is 0 Å². The van der Waals surface area contributed by atoms with E-state index in [-0.39, 0.29) is 17.9 Å². The molecule has 2 aromatic rings. The molecule has 0 spiro atoms. The van der Waals surface area contributed by atoms with Crippen LogP contribution in [-0.4, -0.2) is 24.0 Å². The number of benzene rings is 2. The number of carbonyl (C=O) groups is 1. The number of hydrogen-bond acceptors (Lipinski definition) is 3. The van der Waals surface area contributed by atoms with Gasteiger partial charge in [-0.25, -0.2) is 10.4 Å². The van der Waals surface area contributed by atoms with Crippen molar-refractivity contribution < 1.29 is 4.79 Å². The standard InChI is InChI=1S/C17H19N3O/c18-17(21)15-11-20(12-15)19-16(13-7-3-1-4-8-13)14-9-5-2-6-10-14/h1-10,15-16,19H,11-12H2,(H2,18,21). The minimum absolute atomic E-state index is 0.0373. The summed E-state index contributed by atoms with van der Waals surface area (Å²) in [4.78, 5) is 11.1. The van der Waals surface area contributed by atoms with Crippen LogP contribution in [0.15, 0.2) is 60.7 Å². The number of nitrogens with one attached hydrogen (secondary N) is 1. The molecule has 1 fully saturated rings. The topological polar surface area (TPSA) is 58.4 Å². The third-order valence-corrected chi connectivity index (χ3v) is 3.86. The Morgan fingerprint density at radius 1 is 1.00 bits per heavy atom. The first-order valence-electron chi connectivity index (χ1n) is 7.14. The number of hydrazine groups is 1. The second-order valence-corrected chi connectivity index (χ2v) is 5.39. The summed E-state index contributed by atoms with van der Waals surface area (Å²) in [6.45, 7) is 1.34. The number of amides is 1. The van der Waals surface area contributed by atoms with Gasteiger partial charge in [-0.05, 0) is 11.1 Å². The zero-order valence-corrected chi connectivity index (χ0v) is 11.8. The molecular formula is C17H19N3O. The fourth-order valence-corrected chi connectivity index (χ4v) is 2.58. The normalized spacial score (nSPS) is 15.9. The monoisotopic (exact) mass is 281 g/mol. The second-order valence-electron chi connectivity index (χ2n) is 5.39. The smallest absolute Gasteiger partial charge is 0.223 e. The number of hydrogen-bond donors (Lipinski definition) is 2. The molecule has 21 heavy (non-hydrogen) atoms. The van der Waals surface area contributed by atoms with Crippen LogP contribution in [0.25, 0.3) is 0 Å². The lowest BCUT2D eigenvalue weighted by molar-refractivity contribution is -0.128.